The lowest BCUT2D eigenvalue weighted by atomic mass is 9.89. The third kappa shape index (κ3) is 3.66. The van der Waals surface area contributed by atoms with E-state index < -0.39 is 5.60 Å². The van der Waals surface area contributed by atoms with Gasteiger partial charge in [-0.2, -0.15) is 5.10 Å². The summed E-state index contributed by atoms with van der Waals surface area (Å²) in [6, 6.07) is 0. The van der Waals surface area contributed by atoms with Crippen molar-refractivity contribution in [1.82, 2.24) is 29.4 Å². The smallest absolute Gasteiger partial charge is 0.135 e. The number of piperidine rings is 1. The summed E-state index contributed by atoms with van der Waals surface area (Å²) >= 11 is 5.87. The van der Waals surface area contributed by atoms with E-state index in [1.165, 1.54) is 0 Å². The van der Waals surface area contributed by atoms with Crippen molar-refractivity contribution in [3.8, 4) is 0 Å². The maximum Gasteiger partial charge on any atom is 0.135 e. The van der Waals surface area contributed by atoms with Crippen LogP contribution in [0.15, 0.2) is 18.7 Å². The van der Waals surface area contributed by atoms with E-state index >= 15 is 0 Å². The number of aliphatic hydroxyl groups is 1. The molecule has 1 saturated heterocycles. The second-order valence-electron chi connectivity index (χ2n) is 6.06. The SMILES string of the molecule is Cn1cnnc1CC1(O)CCCN(CCn2cc(Cl)cn2)C1. The lowest BCUT2D eigenvalue weighted by molar-refractivity contribution is -0.0329. The fourth-order valence-electron chi connectivity index (χ4n) is 3.01. The zero-order valence-corrected chi connectivity index (χ0v) is 13.4. The van der Waals surface area contributed by atoms with E-state index in [-0.39, 0.29) is 0 Å². The molecule has 1 atom stereocenters. The third-order valence-electron chi connectivity index (χ3n) is 4.17. The molecule has 2 aromatic heterocycles. The van der Waals surface area contributed by atoms with Gasteiger partial charge in [0.1, 0.15) is 12.2 Å². The Bertz CT molecular complexity index is 626. The van der Waals surface area contributed by atoms with Crippen LogP contribution >= 0.6 is 11.6 Å². The number of rotatable bonds is 5. The highest BCUT2D eigenvalue weighted by Crippen LogP contribution is 2.24. The fraction of sp³-hybridized carbons (Fsp3) is 0.643. The highest BCUT2D eigenvalue weighted by molar-refractivity contribution is 6.30. The molecule has 0 saturated carbocycles. The zero-order valence-electron chi connectivity index (χ0n) is 12.7. The first-order valence-corrected chi connectivity index (χ1v) is 7.87. The van der Waals surface area contributed by atoms with Gasteiger partial charge in [-0.15, -0.1) is 10.2 Å². The van der Waals surface area contributed by atoms with Gasteiger partial charge < -0.3 is 9.67 Å². The first-order valence-electron chi connectivity index (χ1n) is 7.50. The van der Waals surface area contributed by atoms with Gasteiger partial charge in [0.15, 0.2) is 0 Å². The van der Waals surface area contributed by atoms with Crippen molar-refractivity contribution >= 4 is 11.6 Å². The average Bonchev–Trinajstić information content (AvgIpc) is 3.06. The van der Waals surface area contributed by atoms with Gasteiger partial charge in [-0.1, -0.05) is 11.6 Å². The van der Waals surface area contributed by atoms with Gasteiger partial charge in [-0.3, -0.25) is 9.58 Å². The molecule has 120 valence electrons. The summed E-state index contributed by atoms with van der Waals surface area (Å²) in [7, 11) is 1.90. The largest absolute Gasteiger partial charge is 0.388 e. The molecular formula is C14H21ClN6O. The minimum absolute atomic E-state index is 0.535. The van der Waals surface area contributed by atoms with E-state index in [1.807, 2.05) is 22.5 Å². The molecular weight excluding hydrogens is 304 g/mol. The van der Waals surface area contributed by atoms with E-state index in [0.717, 1.165) is 38.3 Å². The summed E-state index contributed by atoms with van der Waals surface area (Å²) < 4.78 is 3.70. The number of halogens is 1. The first-order chi connectivity index (χ1) is 10.5. The molecule has 1 aliphatic heterocycles. The Morgan fingerprint density at radius 3 is 2.95 bits per heavy atom. The molecule has 8 heteroatoms. The number of aromatic nitrogens is 5. The molecule has 1 unspecified atom stereocenters. The summed E-state index contributed by atoms with van der Waals surface area (Å²) in [6.07, 6.45) is 7.44. The van der Waals surface area contributed by atoms with Crippen molar-refractivity contribution in [2.24, 2.45) is 7.05 Å². The molecule has 1 N–H and O–H groups in total. The van der Waals surface area contributed by atoms with Crippen molar-refractivity contribution in [1.29, 1.82) is 0 Å². The molecule has 3 rings (SSSR count). The number of β-amino-alcohol motifs (C(OH)–C–C–N with tert-alkyl or cyclic N) is 1. The van der Waals surface area contributed by atoms with E-state index in [0.29, 0.717) is 18.0 Å². The van der Waals surface area contributed by atoms with Crippen LogP contribution in [-0.2, 0) is 20.0 Å². The molecule has 0 aliphatic carbocycles. The molecule has 0 amide bonds. The molecule has 0 aromatic carbocycles. The molecule has 2 aromatic rings. The normalized spacial score (nSPS) is 23.0. The Morgan fingerprint density at radius 1 is 1.41 bits per heavy atom. The van der Waals surface area contributed by atoms with Crippen LogP contribution in [0.1, 0.15) is 18.7 Å². The van der Waals surface area contributed by atoms with Crippen molar-refractivity contribution in [2.75, 3.05) is 19.6 Å². The topological polar surface area (TPSA) is 72.0 Å². The Labute approximate surface area is 134 Å². The van der Waals surface area contributed by atoms with Gasteiger partial charge in [-0.25, -0.2) is 0 Å². The summed E-state index contributed by atoms with van der Waals surface area (Å²) in [5.74, 6) is 0.822. The third-order valence-corrected chi connectivity index (χ3v) is 4.37. The molecule has 3 heterocycles. The van der Waals surface area contributed by atoms with E-state index in [1.54, 1.807) is 12.5 Å². The number of hydrogen-bond acceptors (Lipinski definition) is 5. The summed E-state index contributed by atoms with van der Waals surface area (Å²) in [5.41, 5.74) is -0.735. The second-order valence-corrected chi connectivity index (χ2v) is 6.50. The van der Waals surface area contributed by atoms with E-state index in [2.05, 4.69) is 20.2 Å². The highest BCUT2D eigenvalue weighted by atomic mass is 35.5. The van der Waals surface area contributed by atoms with Gasteiger partial charge in [0.25, 0.3) is 0 Å². The zero-order chi connectivity index (χ0) is 15.6. The Morgan fingerprint density at radius 2 is 2.27 bits per heavy atom. The standard InChI is InChI=1S/C14H21ClN6O/c1-19-11-16-18-13(19)7-14(22)3-2-4-20(10-14)5-6-21-9-12(15)8-17-21/h8-9,11,22H,2-7,10H2,1H3. The Balaban J connectivity index is 1.57. The quantitative estimate of drug-likeness (QED) is 0.878. The lowest BCUT2D eigenvalue weighted by Gasteiger charge is -2.39. The van der Waals surface area contributed by atoms with Crippen LogP contribution in [0.25, 0.3) is 0 Å². The van der Waals surface area contributed by atoms with Gasteiger partial charge in [0, 0.05) is 32.8 Å². The summed E-state index contributed by atoms with van der Waals surface area (Å²) in [6.45, 7) is 3.26. The maximum atomic E-state index is 10.9. The predicted molar refractivity (Wildman–Crippen MR) is 82.6 cm³/mol. The molecule has 1 fully saturated rings. The lowest BCUT2D eigenvalue weighted by Crippen LogP contribution is -2.50. The van der Waals surface area contributed by atoms with Gasteiger partial charge in [0.05, 0.1) is 23.4 Å². The summed E-state index contributed by atoms with van der Waals surface area (Å²) in [4.78, 5) is 2.27. The Kier molecular flexibility index (Phi) is 4.46. The molecule has 22 heavy (non-hydrogen) atoms. The van der Waals surface area contributed by atoms with Crippen molar-refractivity contribution < 1.29 is 5.11 Å². The molecule has 0 bridgehead atoms. The average molecular weight is 325 g/mol. The number of likely N-dealkylation sites (tertiary alicyclic amines) is 1. The molecule has 7 nitrogen and oxygen atoms in total. The van der Waals surface area contributed by atoms with E-state index in [9.17, 15) is 5.11 Å². The fourth-order valence-corrected chi connectivity index (χ4v) is 3.16. The number of aryl methyl sites for hydroxylation is 1. The molecule has 0 radical (unpaired) electrons. The summed E-state index contributed by atoms with van der Waals surface area (Å²) in [5, 5.41) is 23.7. The van der Waals surface area contributed by atoms with Crippen molar-refractivity contribution in [3.05, 3.63) is 29.6 Å². The van der Waals surface area contributed by atoms with Gasteiger partial charge >= 0.3 is 0 Å². The minimum atomic E-state index is -0.735. The maximum absolute atomic E-state index is 10.9. The number of nitrogens with zero attached hydrogens (tertiary/aromatic N) is 6. The van der Waals surface area contributed by atoms with Crippen LogP contribution in [0.3, 0.4) is 0 Å². The van der Waals surface area contributed by atoms with Crippen LogP contribution in [0, 0.1) is 0 Å². The second kappa shape index (κ2) is 6.36. The van der Waals surface area contributed by atoms with Crippen LogP contribution < -0.4 is 0 Å². The van der Waals surface area contributed by atoms with Gasteiger partial charge in [0.2, 0.25) is 0 Å². The van der Waals surface area contributed by atoms with Crippen LogP contribution in [-0.4, -0.2) is 59.8 Å². The predicted octanol–water partition coefficient (Wildman–Crippen LogP) is 0.735. The first kappa shape index (κ1) is 15.5. The molecule has 0 spiro atoms. The van der Waals surface area contributed by atoms with Crippen LogP contribution in [0.2, 0.25) is 5.02 Å². The Hall–Kier alpha value is -1.44. The monoisotopic (exact) mass is 324 g/mol. The van der Waals surface area contributed by atoms with Crippen LogP contribution in [0.4, 0.5) is 0 Å². The highest BCUT2D eigenvalue weighted by Gasteiger charge is 2.34. The van der Waals surface area contributed by atoms with Crippen molar-refractivity contribution in [3.63, 3.8) is 0 Å². The number of hydrogen-bond donors (Lipinski definition) is 1. The van der Waals surface area contributed by atoms with Crippen LogP contribution in [0.5, 0.6) is 0 Å². The van der Waals surface area contributed by atoms with E-state index in [4.69, 9.17) is 11.6 Å². The minimum Gasteiger partial charge on any atom is -0.388 e. The van der Waals surface area contributed by atoms with Gasteiger partial charge in [-0.05, 0) is 19.4 Å². The molecule has 1 aliphatic rings. The van der Waals surface area contributed by atoms with Crippen molar-refractivity contribution in [2.45, 2.75) is 31.4 Å².